The van der Waals surface area contributed by atoms with Gasteiger partial charge in [-0.2, -0.15) is 0 Å². The summed E-state index contributed by atoms with van der Waals surface area (Å²) in [6.45, 7) is 1.01. The van der Waals surface area contributed by atoms with Crippen LogP contribution in [0.25, 0.3) is 0 Å². The van der Waals surface area contributed by atoms with Crippen molar-refractivity contribution in [3.63, 3.8) is 0 Å². The Morgan fingerprint density at radius 2 is 2.10 bits per heavy atom. The Morgan fingerprint density at radius 1 is 1.24 bits per heavy atom. The summed E-state index contributed by atoms with van der Waals surface area (Å²) < 4.78 is 11.6. The average molecular weight is 303 g/mol. The first-order valence-corrected chi connectivity index (χ1v) is 7.23. The van der Waals surface area contributed by atoms with Crippen molar-refractivity contribution in [3.8, 4) is 5.75 Å². The van der Waals surface area contributed by atoms with Gasteiger partial charge in [-0.25, -0.2) is 0 Å². The molecule has 2 aromatic carbocycles. The Kier molecular flexibility index (Phi) is 4.23. The maximum Gasteiger partial charge on any atom is 0.153 e. The molecule has 1 atom stereocenters. The van der Waals surface area contributed by atoms with E-state index in [1.165, 1.54) is 5.56 Å². The summed E-state index contributed by atoms with van der Waals surface area (Å²) in [4.78, 5) is 11.1. The smallest absolute Gasteiger partial charge is 0.153 e. The zero-order chi connectivity index (χ0) is 14.7. The van der Waals surface area contributed by atoms with Crippen molar-refractivity contribution in [2.75, 3.05) is 13.2 Å². The highest BCUT2D eigenvalue weighted by Crippen LogP contribution is 2.31. The van der Waals surface area contributed by atoms with Crippen LogP contribution in [0.3, 0.4) is 0 Å². The SMILES string of the molecule is O=Cc1cccc(Cl)c1OCC1OCCc2ccccc21. The van der Waals surface area contributed by atoms with E-state index in [0.717, 1.165) is 18.3 Å². The van der Waals surface area contributed by atoms with Crippen LogP contribution in [0.2, 0.25) is 5.02 Å². The summed E-state index contributed by atoms with van der Waals surface area (Å²) >= 11 is 6.10. The molecule has 1 unspecified atom stereocenters. The molecule has 1 aliphatic rings. The zero-order valence-corrected chi connectivity index (χ0v) is 12.2. The van der Waals surface area contributed by atoms with Gasteiger partial charge in [-0.3, -0.25) is 4.79 Å². The van der Waals surface area contributed by atoms with Crippen LogP contribution < -0.4 is 4.74 Å². The molecule has 4 heteroatoms. The van der Waals surface area contributed by atoms with Crippen molar-refractivity contribution >= 4 is 17.9 Å². The summed E-state index contributed by atoms with van der Waals surface area (Å²) in [6.07, 6.45) is 1.53. The first-order valence-electron chi connectivity index (χ1n) is 6.85. The van der Waals surface area contributed by atoms with Crippen LogP contribution in [0.5, 0.6) is 5.75 Å². The second-order valence-corrected chi connectivity index (χ2v) is 5.30. The first-order chi connectivity index (χ1) is 10.3. The molecule has 0 saturated heterocycles. The van der Waals surface area contributed by atoms with Gasteiger partial charge >= 0.3 is 0 Å². The molecule has 1 heterocycles. The fraction of sp³-hybridized carbons (Fsp3) is 0.235. The van der Waals surface area contributed by atoms with Crippen molar-refractivity contribution < 1.29 is 14.3 Å². The summed E-state index contributed by atoms with van der Waals surface area (Å²) in [7, 11) is 0. The van der Waals surface area contributed by atoms with Crippen molar-refractivity contribution in [2.45, 2.75) is 12.5 Å². The summed E-state index contributed by atoms with van der Waals surface area (Å²) in [5.74, 6) is 0.417. The lowest BCUT2D eigenvalue weighted by Gasteiger charge is -2.26. The van der Waals surface area contributed by atoms with E-state index in [-0.39, 0.29) is 6.10 Å². The van der Waals surface area contributed by atoms with Gasteiger partial charge in [0.2, 0.25) is 0 Å². The molecule has 2 aromatic rings. The molecule has 0 amide bonds. The molecule has 3 rings (SSSR count). The second kappa shape index (κ2) is 6.29. The normalized spacial score (nSPS) is 17.1. The van der Waals surface area contributed by atoms with Gasteiger partial charge in [0.1, 0.15) is 18.5 Å². The second-order valence-electron chi connectivity index (χ2n) is 4.90. The molecule has 0 N–H and O–H groups in total. The third-order valence-electron chi connectivity index (χ3n) is 3.60. The van der Waals surface area contributed by atoms with E-state index in [4.69, 9.17) is 21.1 Å². The van der Waals surface area contributed by atoms with E-state index in [9.17, 15) is 4.79 Å². The van der Waals surface area contributed by atoms with Crippen molar-refractivity contribution in [1.29, 1.82) is 0 Å². The zero-order valence-electron chi connectivity index (χ0n) is 11.4. The molecule has 1 aliphatic heterocycles. The third-order valence-corrected chi connectivity index (χ3v) is 3.89. The van der Waals surface area contributed by atoms with Crippen LogP contribution in [0.1, 0.15) is 27.6 Å². The predicted molar refractivity (Wildman–Crippen MR) is 81.2 cm³/mol. The summed E-state index contributed by atoms with van der Waals surface area (Å²) in [6, 6.07) is 13.3. The van der Waals surface area contributed by atoms with Crippen LogP contribution in [0.4, 0.5) is 0 Å². The van der Waals surface area contributed by atoms with E-state index < -0.39 is 0 Å². The molecular formula is C17H15ClO3. The Morgan fingerprint density at radius 3 is 2.95 bits per heavy atom. The number of benzene rings is 2. The average Bonchev–Trinajstić information content (AvgIpc) is 2.53. The van der Waals surface area contributed by atoms with Gasteiger partial charge in [-0.1, -0.05) is 41.9 Å². The third kappa shape index (κ3) is 2.94. The van der Waals surface area contributed by atoms with Gasteiger partial charge in [0, 0.05) is 0 Å². The van der Waals surface area contributed by atoms with Crippen LogP contribution in [-0.2, 0) is 11.2 Å². The van der Waals surface area contributed by atoms with Crippen molar-refractivity contribution in [2.24, 2.45) is 0 Å². The Balaban J connectivity index is 1.79. The highest BCUT2D eigenvalue weighted by molar-refractivity contribution is 6.32. The Bertz CT molecular complexity index is 654. The number of fused-ring (bicyclic) bond motifs is 1. The van der Waals surface area contributed by atoms with Gasteiger partial charge in [0.05, 0.1) is 17.2 Å². The monoisotopic (exact) mass is 302 g/mol. The lowest BCUT2D eigenvalue weighted by atomic mass is 9.98. The van der Waals surface area contributed by atoms with E-state index in [1.54, 1.807) is 18.2 Å². The molecule has 0 aliphatic carbocycles. The lowest BCUT2D eigenvalue weighted by molar-refractivity contribution is 0.0101. The predicted octanol–water partition coefficient (Wildman–Crippen LogP) is 3.85. The largest absolute Gasteiger partial charge is 0.488 e. The summed E-state index contributed by atoms with van der Waals surface area (Å²) in [5.41, 5.74) is 2.88. The standard InChI is InChI=1S/C17H15ClO3/c18-15-7-3-5-13(10-19)17(15)21-11-16-14-6-2-1-4-12(14)8-9-20-16/h1-7,10,16H,8-9,11H2. The summed E-state index contributed by atoms with van der Waals surface area (Å²) in [5, 5.41) is 0.434. The molecule has 0 aromatic heterocycles. The molecule has 0 spiro atoms. The number of carbonyl (C=O) groups is 1. The molecule has 0 saturated carbocycles. The molecule has 21 heavy (non-hydrogen) atoms. The minimum Gasteiger partial charge on any atom is -0.488 e. The minimum absolute atomic E-state index is 0.134. The first kappa shape index (κ1) is 14.1. The minimum atomic E-state index is -0.134. The number of halogens is 1. The van der Waals surface area contributed by atoms with Crippen LogP contribution in [0.15, 0.2) is 42.5 Å². The van der Waals surface area contributed by atoms with Crippen molar-refractivity contribution in [1.82, 2.24) is 0 Å². The Hall–Kier alpha value is -1.84. The van der Waals surface area contributed by atoms with E-state index in [1.807, 2.05) is 12.1 Å². The number of carbonyl (C=O) groups excluding carboxylic acids is 1. The van der Waals surface area contributed by atoms with Crippen LogP contribution in [0, 0.1) is 0 Å². The van der Waals surface area contributed by atoms with E-state index >= 15 is 0 Å². The number of hydrogen-bond donors (Lipinski definition) is 0. The fourth-order valence-electron chi connectivity index (χ4n) is 2.54. The number of para-hydroxylation sites is 1. The molecule has 0 fully saturated rings. The topological polar surface area (TPSA) is 35.5 Å². The van der Waals surface area contributed by atoms with Crippen molar-refractivity contribution in [3.05, 3.63) is 64.2 Å². The van der Waals surface area contributed by atoms with E-state index in [2.05, 4.69) is 12.1 Å². The van der Waals surface area contributed by atoms with E-state index in [0.29, 0.717) is 29.5 Å². The van der Waals surface area contributed by atoms with Crippen LogP contribution >= 0.6 is 11.6 Å². The van der Waals surface area contributed by atoms with Gasteiger partial charge in [0.25, 0.3) is 0 Å². The number of rotatable bonds is 4. The lowest BCUT2D eigenvalue weighted by Crippen LogP contribution is -2.22. The van der Waals surface area contributed by atoms with Gasteiger partial charge < -0.3 is 9.47 Å². The fourth-order valence-corrected chi connectivity index (χ4v) is 2.78. The van der Waals surface area contributed by atoms with Gasteiger partial charge in [0.15, 0.2) is 6.29 Å². The molecule has 3 nitrogen and oxygen atoms in total. The maximum atomic E-state index is 11.1. The molecule has 0 bridgehead atoms. The Labute approximate surface area is 128 Å². The number of aldehydes is 1. The quantitative estimate of drug-likeness (QED) is 0.805. The highest BCUT2D eigenvalue weighted by atomic mass is 35.5. The number of hydrogen-bond acceptors (Lipinski definition) is 3. The van der Waals surface area contributed by atoms with Crippen LogP contribution in [-0.4, -0.2) is 19.5 Å². The number of ether oxygens (including phenoxy) is 2. The van der Waals surface area contributed by atoms with Gasteiger partial charge in [-0.15, -0.1) is 0 Å². The molecular weight excluding hydrogens is 288 g/mol. The molecule has 108 valence electrons. The maximum absolute atomic E-state index is 11.1. The molecule has 0 radical (unpaired) electrons. The highest BCUT2D eigenvalue weighted by Gasteiger charge is 2.21. The van der Waals surface area contributed by atoms with Gasteiger partial charge in [-0.05, 0) is 29.7 Å².